The lowest BCUT2D eigenvalue weighted by atomic mass is 10.1. The zero-order valence-corrected chi connectivity index (χ0v) is 29.1. The summed E-state index contributed by atoms with van der Waals surface area (Å²) in [5, 5.41) is 14.5. The molecule has 5 N–H and O–H groups in total. The van der Waals surface area contributed by atoms with Crippen LogP contribution in [0.5, 0.6) is 17.2 Å². The Morgan fingerprint density at radius 3 is 2.43 bits per heavy atom. The number of esters is 1. The molecule has 1 saturated carbocycles. The predicted molar refractivity (Wildman–Crippen MR) is 187 cm³/mol. The third-order valence-corrected chi connectivity index (χ3v) is 9.47. The van der Waals surface area contributed by atoms with Crippen molar-refractivity contribution in [3.63, 3.8) is 0 Å². The maximum Gasteiger partial charge on any atom is 0.323 e. The van der Waals surface area contributed by atoms with E-state index in [1.807, 2.05) is 30.3 Å². The molecule has 49 heavy (non-hydrogen) atoms. The van der Waals surface area contributed by atoms with E-state index in [0.29, 0.717) is 28.1 Å². The number of nitrogens with one attached hydrogen (secondary N) is 5. The van der Waals surface area contributed by atoms with Crippen molar-refractivity contribution in [2.24, 2.45) is 0 Å². The van der Waals surface area contributed by atoms with Crippen molar-refractivity contribution in [3.05, 3.63) is 89.1 Å². The zero-order valence-electron chi connectivity index (χ0n) is 27.4. The molecule has 2 atom stereocenters. The van der Waals surface area contributed by atoms with E-state index < -0.39 is 25.5 Å². The van der Waals surface area contributed by atoms with Crippen LogP contribution >= 0.6 is 19.2 Å². The van der Waals surface area contributed by atoms with Crippen molar-refractivity contribution < 1.29 is 33.2 Å². The summed E-state index contributed by atoms with van der Waals surface area (Å²) in [4.78, 5) is 43.0. The van der Waals surface area contributed by atoms with Gasteiger partial charge >= 0.3 is 19.6 Å². The van der Waals surface area contributed by atoms with Crippen LogP contribution in [-0.2, 0) is 20.6 Å². The normalized spacial score (nSPS) is 14.4. The molecule has 0 radical (unpaired) electrons. The molecule has 0 saturated heterocycles. The average molecular weight is 709 g/mol. The fourth-order valence-corrected chi connectivity index (χ4v) is 6.64. The van der Waals surface area contributed by atoms with Gasteiger partial charge < -0.3 is 24.8 Å². The van der Waals surface area contributed by atoms with Crippen molar-refractivity contribution in [2.45, 2.75) is 58.3 Å². The SMILES string of the molecule is COc1cc2nccc(Oc3ccc(NC(=O)NC4CC4)c(Cl)c3)c2cc1C(=O)NP(=O)(NCc1ccccc1)N[C@@H](C)C(=O)OC(C)C. The van der Waals surface area contributed by atoms with Gasteiger partial charge in [0.25, 0.3) is 5.91 Å². The second-order valence-electron chi connectivity index (χ2n) is 11.7. The molecular formula is C34H38ClN6O7P. The van der Waals surface area contributed by atoms with Gasteiger partial charge in [0.05, 0.1) is 35.0 Å². The van der Waals surface area contributed by atoms with Crippen molar-refractivity contribution >= 4 is 53.7 Å². The van der Waals surface area contributed by atoms with Crippen molar-refractivity contribution in [1.29, 1.82) is 0 Å². The number of rotatable bonds is 14. The molecule has 258 valence electrons. The number of benzene rings is 3. The van der Waals surface area contributed by atoms with Crippen LogP contribution in [0.3, 0.4) is 0 Å². The first-order valence-corrected chi connectivity index (χ1v) is 17.7. The highest BCUT2D eigenvalue weighted by molar-refractivity contribution is 7.58. The first kappa shape index (κ1) is 35.6. The third-order valence-electron chi connectivity index (χ3n) is 7.29. The lowest BCUT2D eigenvalue weighted by molar-refractivity contribution is -0.148. The number of urea groups is 1. The monoisotopic (exact) mass is 708 g/mol. The molecule has 5 rings (SSSR count). The van der Waals surface area contributed by atoms with Gasteiger partial charge in [-0.2, -0.15) is 0 Å². The Hall–Kier alpha value is -4.68. The minimum absolute atomic E-state index is 0.0352. The van der Waals surface area contributed by atoms with E-state index in [9.17, 15) is 18.9 Å². The van der Waals surface area contributed by atoms with Crippen molar-refractivity contribution in [3.8, 4) is 17.2 Å². The molecule has 4 aromatic rings. The van der Waals surface area contributed by atoms with Gasteiger partial charge in [-0.25, -0.2) is 15.0 Å². The Morgan fingerprint density at radius 2 is 1.76 bits per heavy atom. The van der Waals surface area contributed by atoms with Gasteiger partial charge in [-0.1, -0.05) is 41.9 Å². The molecule has 1 aliphatic carbocycles. The second-order valence-corrected chi connectivity index (χ2v) is 14.1. The predicted octanol–water partition coefficient (Wildman–Crippen LogP) is 6.53. The molecule has 1 fully saturated rings. The van der Waals surface area contributed by atoms with Crippen molar-refractivity contribution in [2.75, 3.05) is 12.4 Å². The van der Waals surface area contributed by atoms with E-state index >= 15 is 0 Å². The number of carbonyl (C=O) groups excluding carboxylic acids is 3. The van der Waals surface area contributed by atoms with Crippen LogP contribution in [0.25, 0.3) is 10.9 Å². The molecule has 1 heterocycles. The fraction of sp³-hybridized carbons (Fsp3) is 0.294. The summed E-state index contributed by atoms with van der Waals surface area (Å²) in [7, 11) is -2.60. The fourth-order valence-electron chi connectivity index (χ4n) is 4.72. The number of nitrogens with zero attached hydrogens (tertiary/aromatic N) is 1. The number of ether oxygens (including phenoxy) is 3. The molecule has 0 aliphatic heterocycles. The van der Waals surface area contributed by atoms with E-state index in [4.69, 9.17) is 25.8 Å². The van der Waals surface area contributed by atoms with Gasteiger partial charge in [0.1, 0.15) is 23.3 Å². The van der Waals surface area contributed by atoms with Crippen LogP contribution in [0, 0.1) is 0 Å². The standard InChI is InChI=1S/C34H38ClN6O7P/c1-20(2)47-33(43)21(3)40-49(45,37-19-22-8-6-5-7-9-22)41-32(42)26-17-25-29(18-31(26)46-4)36-15-14-30(25)48-24-12-13-28(27(35)16-24)39-34(44)38-23-10-11-23/h5-9,12-18,20-21,23H,10-11,19H2,1-4H3,(H2,38,39,44)(H3,37,40,41,42,45)/t21-,49?/m0/s1. The lowest BCUT2D eigenvalue weighted by Gasteiger charge is -2.25. The molecule has 1 aliphatic rings. The first-order valence-electron chi connectivity index (χ1n) is 15.6. The van der Waals surface area contributed by atoms with Gasteiger partial charge in [0.2, 0.25) is 0 Å². The highest BCUT2D eigenvalue weighted by Crippen LogP contribution is 2.38. The molecule has 3 amide bonds. The molecule has 13 nitrogen and oxygen atoms in total. The van der Waals surface area contributed by atoms with Crippen LogP contribution in [0.4, 0.5) is 10.5 Å². The highest BCUT2D eigenvalue weighted by atomic mass is 35.5. The van der Waals surface area contributed by atoms with Gasteiger partial charge in [-0.15, -0.1) is 0 Å². The minimum atomic E-state index is -3.99. The van der Waals surface area contributed by atoms with E-state index in [1.54, 1.807) is 50.4 Å². The van der Waals surface area contributed by atoms with Crippen molar-refractivity contribution in [1.82, 2.24) is 25.6 Å². The number of pyridine rings is 1. The Bertz CT molecular complexity index is 1890. The van der Waals surface area contributed by atoms with Gasteiger partial charge in [0, 0.05) is 36.3 Å². The number of methoxy groups -OCH3 is 1. The largest absolute Gasteiger partial charge is 0.496 e. The Labute approximate surface area is 289 Å². The minimum Gasteiger partial charge on any atom is -0.496 e. The molecule has 0 spiro atoms. The second kappa shape index (κ2) is 15.7. The number of carbonyl (C=O) groups is 3. The summed E-state index contributed by atoms with van der Waals surface area (Å²) in [6, 6.07) is 17.5. The summed E-state index contributed by atoms with van der Waals surface area (Å²) in [6.45, 7) is 5.03. The quantitative estimate of drug-likeness (QED) is 0.0717. The first-order chi connectivity index (χ1) is 23.4. The van der Waals surface area contributed by atoms with Crippen LogP contribution < -0.4 is 35.4 Å². The molecule has 3 aromatic carbocycles. The molecule has 1 aromatic heterocycles. The van der Waals surface area contributed by atoms with E-state index in [0.717, 1.165) is 18.4 Å². The summed E-state index contributed by atoms with van der Waals surface area (Å²) >= 11 is 6.45. The number of hydrogen-bond donors (Lipinski definition) is 5. The molecule has 15 heteroatoms. The van der Waals surface area contributed by atoms with Crippen LogP contribution in [-0.4, -0.2) is 48.2 Å². The van der Waals surface area contributed by atoms with Gasteiger partial charge in [-0.05, 0) is 63.4 Å². The number of hydrogen-bond acceptors (Lipinski definition) is 8. The highest BCUT2D eigenvalue weighted by Gasteiger charge is 2.32. The van der Waals surface area contributed by atoms with Crippen LogP contribution in [0.1, 0.15) is 49.5 Å². The van der Waals surface area contributed by atoms with E-state index in [-0.39, 0.29) is 41.1 Å². The summed E-state index contributed by atoms with van der Waals surface area (Å²) < 4.78 is 31.2. The molecular weight excluding hydrogens is 671 g/mol. The average Bonchev–Trinajstić information content (AvgIpc) is 3.88. The Kier molecular flexibility index (Phi) is 11.4. The number of aromatic nitrogens is 1. The maximum atomic E-state index is 14.2. The summed E-state index contributed by atoms with van der Waals surface area (Å²) in [5.74, 6) is -0.503. The third kappa shape index (κ3) is 9.70. The number of amides is 3. The van der Waals surface area contributed by atoms with E-state index in [2.05, 4.69) is 30.9 Å². The summed E-state index contributed by atoms with van der Waals surface area (Å²) in [5.41, 5.74) is 1.72. The zero-order chi connectivity index (χ0) is 35.1. The van der Waals surface area contributed by atoms with E-state index in [1.165, 1.54) is 20.1 Å². The smallest absolute Gasteiger partial charge is 0.323 e. The molecule has 1 unspecified atom stereocenters. The van der Waals surface area contributed by atoms with Crippen LogP contribution in [0.2, 0.25) is 5.02 Å². The summed E-state index contributed by atoms with van der Waals surface area (Å²) in [6.07, 6.45) is 3.07. The Morgan fingerprint density at radius 1 is 1.00 bits per heavy atom. The maximum absolute atomic E-state index is 14.2. The topological polar surface area (TPSA) is 169 Å². The van der Waals surface area contributed by atoms with Gasteiger partial charge in [-0.3, -0.25) is 24.2 Å². The molecule has 0 bridgehead atoms. The van der Waals surface area contributed by atoms with Gasteiger partial charge in [0.15, 0.2) is 0 Å². The van der Waals surface area contributed by atoms with Crippen LogP contribution in [0.15, 0.2) is 72.9 Å². The number of fused-ring (bicyclic) bond motifs is 1. The number of anilines is 1. The Balaban J connectivity index is 1.40. The number of halogens is 1. The lowest BCUT2D eigenvalue weighted by Crippen LogP contribution is -2.43.